The average molecular weight is 381 g/mol. The molecule has 2 heterocycles. The van der Waals surface area contributed by atoms with E-state index in [0.29, 0.717) is 18.9 Å². The number of ether oxygens (including phenoxy) is 1. The van der Waals surface area contributed by atoms with E-state index < -0.39 is 5.60 Å². The van der Waals surface area contributed by atoms with Crippen molar-refractivity contribution in [2.45, 2.75) is 39.2 Å². The molecule has 1 atom stereocenters. The summed E-state index contributed by atoms with van der Waals surface area (Å²) < 4.78 is 5.42. The number of amides is 2. The van der Waals surface area contributed by atoms with E-state index in [2.05, 4.69) is 10.3 Å². The molecule has 1 N–H and O–H groups in total. The topological polar surface area (TPSA) is 71.5 Å². The number of nitrogens with one attached hydrogen (secondary N) is 1. The standard InChI is InChI=1S/C22H27N3O3/c1-22(2,3)28-21(27)25-13-7-10-18(15-25)20(26)24-19-12-11-17(14-23-19)16-8-5-4-6-9-16/h4-6,8-9,11-12,14,18H,7,10,13,15H2,1-3H3,(H,23,24,26). The third kappa shape index (κ3) is 5.31. The van der Waals surface area contributed by atoms with E-state index in [9.17, 15) is 9.59 Å². The van der Waals surface area contributed by atoms with Crippen molar-refractivity contribution < 1.29 is 14.3 Å². The van der Waals surface area contributed by atoms with Gasteiger partial charge in [0.15, 0.2) is 0 Å². The number of piperidine rings is 1. The van der Waals surface area contributed by atoms with Gasteiger partial charge in [0.2, 0.25) is 5.91 Å². The third-order valence-electron chi connectivity index (χ3n) is 4.57. The van der Waals surface area contributed by atoms with E-state index in [1.54, 1.807) is 17.2 Å². The maximum absolute atomic E-state index is 12.6. The number of hydrogen-bond acceptors (Lipinski definition) is 4. The fourth-order valence-electron chi connectivity index (χ4n) is 3.18. The summed E-state index contributed by atoms with van der Waals surface area (Å²) in [6, 6.07) is 13.7. The van der Waals surface area contributed by atoms with Gasteiger partial charge in [0.25, 0.3) is 0 Å². The van der Waals surface area contributed by atoms with Crippen LogP contribution in [0.25, 0.3) is 11.1 Å². The van der Waals surface area contributed by atoms with Crippen LogP contribution in [0.1, 0.15) is 33.6 Å². The van der Waals surface area contributed by atoms with E-state index in [1.807, 2.05) is 57.2 Å². The molecule has 6 nitrogen and oxygen atoms in total. The molecule has 3 rings (SSSR count). The minimum Gasteiger partial charge on any atom is -0.444 e. The molecule has 28 heavy (non-hydrogen) atoms. The van der Waals surface area contributed by atoms with Gasteiger partial charge in [0.05, 0.1) is 5.92 Å². The molecule has 0 spiro atoms. The molecular formula is C22H27N3O3. The Hall–Kier alpha value is -2.89. The van der Waals surface area contributed by atoms with Crippen LogP contribution < -0.4 is 5.32 Å². The summed E-state index contributed by atoms with van der Waals surface area (Å²) in [6.45, 7) is 6.49. The summed E-state index contributed by atoms with van der Waals surface area (Å²) in [7, 11) is 0. The number of rotatable bonds is 3. The largest absolute Gasteiger partial charge is 0.444 e. The summed E-state index contributed by atoms with van der Waals surface area (Å²) >= 11 is 0. The quantitative estimate of drug-likeness (QED) is 0.859. The van der Waals surface area contributed by atoms with Crippen molar-refractivity contribution in [3.63, 3.8) is 0 Å². The van der Waals surface area contributed by atoms with Gasteiger partial charge in [0, 0.05) is 24.8 Å². The van der Waals surface area contributed by atoms with E-state index in [4.69, 9.17) is 4.74 Å². The number of hydrogen-bond donors (Lipinski definition) is 1. The maximum atomic E-state index is 12.6. The van der Waals surface area contributed by atoms with Crippen molar-refractivity contribution in [2.24, 2.45) is 5.92 Å². The average Bonchev–Trinajstić information content (AvgIpc) is 2.68. The Morgan fingerprint density at radius 3 is 2.50 bits per heavy atom. The normalized spacial score (nSPS) is 17.1. The lowest BCUT2D eigenvalue weighted by Gasteiger charge is -2.33. The molecule has 0 radical (unpaired) electrons. The highest BCUT2D eigenvalue weighted by Crippen LogP contribution is 2.22. The molecule has 1 aliphatic heterocycles. The molecule has 0 bridgehead atoms. The SMILES string of the molecule is CC(C)(C)OC(=O)N1CCCC(C(=O)Nc2ccc(-c3ccccc3)cn2)C1. The summed E-state index contributed by atoms with van der Waals surface area (Å²) in [5, 5.41) is 2.87. The van der Waals surface area contributed by atoms with Crippen molar-refractivity contribution in [3.8, 4) is 11.1 Å². The van der Waals surface area contributed by atoms with E-state index in [-0.39, 0.29) is 17.9 Å². The summed E-state index contributed by atoms with van der Waals surface area (Å²) in [5.74, 6) is 0.129. The van der Waals surface area contributed by atoms with Gasteiger partial charge in [-0.15, -0.1) is 0 Å². The van der Waals surface area contributed by atoms with Crippen molar-refractivity contribution in [3.05, 3.63) is 48.7 Å². The molecule has 6 heteroatoms. The fraction of sp³-hybridized carbons (Fsp3) is 0.409. The molecular weight excluding hydrogens is 354 g/mol. The van der Waals surface area contributed by atoms with Crippen LogP contribution in [0.15, 0.2) is 48.7 Å². The second-order valence-corrected chi connectivity index (χ2v) is 8.05. The molecule has 1 aromatic carbocycles. The number of carbonyl (C=O) groups is 2. The molecule has 148 valence electrons. The Labute approximate surface area is 165 Å². The minimum atomic E-state index is -0.545. The van der Waals surface area contributed by atoms with Gasteiger partial charge < -0.3 is 15.0 Å². The lowest BCUT2D eigenvalue weighted by atomic mass is 9.97. The first-order valence-corrected chi connectivity index (χ1v) is 9.62. The Bertz CT molecular complexity index is 813. The minimum absolute atomic E-state index is 0.117. The molecule has 0 saturated carbocycles. The van der Waals surface area contributed by atoms with Crippen molar-refractivity contribution >= 4 is 17.8 Å². The fourth-order valence-corrected chi connectivity index (χ4v) is 3.18. The number of aromatic nitrogens is 1. The van der Waals surface area contributed by atoms with E-state index in [1.165, 1.54) is 0 Å². The molecule has 1 aromatic heterocycles. The van der Waals surface area contributed by atoms with E-state index in [0.717, 1.165) is 24.0 Å². The molecule has 0 aliphatic carbocycles. The van der Waals surface area contributed by atoms with Crippen LogP contribution in [0.2, 0.25) is 0 Å². The summed E-state index contributed by atoms with van der Waals surface area (Å²) in [4.78, 5) is 30.9. The second kappa shape index (κ2) is 8.42. The highest BCUT2D eigenvalue weighted by atomic mass is 16.6. The van der Waals surface area contributed by atoms with Crippen LogP contribution in [0.3, 0.4) is 0 Å². The zero-order valence-corrected chi connectivity index (χ0v) is 16.6. The van der Waals surface area contributed by atoms with Crippen LogP contribution in [-0.2, 0) is 9.53 Å². The van der Waals surface area contributed by atoms with Gasteiger partial charge in [-0.1, -0.05) is 30.3 Å². The van der Waals surface area contributed by atoms with Gasteiger partial charge in [-0.3, -0.25) is 4.79 Å². The number of anilines is 1. The monoisotopic (exact) mass is 381 g/mol. The molecule has 1 saturated heterocycles. The zero-order chi connectivity index (χ0) is 20.1. The first-order valence-electron chi connectivity index (χ1n) is 9.62. The summed E-state index contributed by atoms with van der Waals surface area (Å²) in [6.07, 6.45) is 2.90. The smallest absolute Gasteiger partial charge is 0.410 e. The van der Waals surface area contributed by atoms with Gasteiger partial charge >= 0.3 is 6.09 Å². The molecule has 2 aromatic rings. The molecule has 2 amide bonds. The van der Waals surface area contributed by atoms with E-state index >= 15 is 0 Å². The van der Waals surface area contributed by atoms with Gasteiger partial charge in [-0.2, -0.15) is 0 Å². The summed E-state index contributed by atoms with van der Waals surface area (Å²) in [5.41, 5.74) is 1.52. The highest BCUT2D eigenvalue weighted by Gasteiger charge is 2.31. The Kier molecular flexibility index (Phi) is 5.97. The Morgan fingerprint density at radius 1 is 1.11 bits per heavy atom. The first-order chi connectivity index (χ1) is 13.3. The predicted molar refractivity (Wildman–Crippen MR) is 109 cm³/mol. The second-order valence-electron chi connectivity index (χ2n) is 8.05. The highest BCUT2D eigenvalue weighted by molar-refractivity contribution is 5.92. The van der Waals surface area contributed by atoms with Gasteiger partial charge in [0.1, 0.15) is 11.4 Å². The van der Waals surface area contributed by atoms with Crippen LogP contribution in [0.4, 0.5) is 10.6 Å². The Morgan fingerprint density at radius 2 is 1.86 bits per heavy atom. The van der Waals surface area contributed by atoms with Gasteiger partial charge in [-0.05, 0) is 51.3 Å². The van der Waals surface area contributed by atoms with Crippen LogP contribution in [0, 0.1) is 5.92 Å². The molecule has 1 unspecified atom stereocenters. The lowest BCUT2D eigenvalue weighted by molar-refractivity contribution is -0.121. The predicted octanol–water partition coefficient (Wildman–Crippen LogP) is 4.33. The number of likely N-dealkylation sites (tertiary alicyclic amines) is 1. The number of benzene rings is 1. The van der Waals surface area contributed by atoms with Crippen molar-refractivity contribution in [1.82, 2.24) is 9.88 Å². The first kappa shape index (κ1) is 19.9. The van der Waals surface area contributed by atoms with Gasteiger partial charge in [-0.25, -0.2) is 9.78 Å². The zero-order valence-electron chi connectivity index (χ0n) is 16.6. The number of carbonyl (C=O) groups excluding carboxylic acids is 2. The Balaban J connectivity index is 1.59. The number of nitrogens with zero attached hydrogens (tertiary/aromatic N) is 2. The number of pyridine rings is 1. The van der Waals surface area contributed by atoms with Crippen LogP contribution >= 0.6 is 0 Å². The van der Waals surface area contributed by atoms with Crippen LogP contribution in [0.5, 0.6) is 0 Å². The lowest BCUT2D eigenvalue weighted by Crippen LogP contribution is -2.45. The van der Waals surface area contributed by atoms with Crippen molar-refractivity contribution in [2.75, 3.05) is 18.4 Å². The maximum Gasteiger partial charge on any atom is 0.410 e. The molecule has 1 aliphatic rings. The van der Waals surface area contributed by atoms with Crippen molar-refractivity contribution in [1.29, 1.82) is 0 Å². The molecule has 1 fully saturated rings. The third-order valence-corrected chi connectivity index (χ3v) is 4.57. The van der Waals surface area contributed by atoms with Crippen LogP contribution in [-0.4, -0.2) is 40.6 Å².